The van der Waals surface area contributed by atoms with Gasteiger partial charge in [0.15, 0.2) is 0 Å². The fraction of sp³-hybridized carbons (Fsp3) is 0.500. The number of hydrogen-bond donors (Lipinski definition) is 1. The number of anilines is 1. The van der Waals surface area contributed by atoms with E-state index >= 15 is 0 Å². The van der Waals surface area contributed by atoms with Crippen LogP contribution in [0.25, 0.3) is 11.0 Å². The Balaban J connectivity index is 1.56. The maximum absolute atomic E-state index is 5.39. The van der Waals surface area contributed by atoms with Crippen LogP contribution in [0.5, 0.6) is 0 Å². The van der Waals surface area contributed by atoms with E-state index in [4.69, 9.17) is 4.42 Å². The van der Waals surface area contributed by atoms with E-state index in [2.05, 4.69) is 10.3 Å². The summed E-state index contributed by atoms with van der Waals surface area (Å²) in [7, 11) is 0. The Bertz CT molecular complexity index is 552. The first-order chi connectivity index (χ1) is 8.37. The van der Waals surface area contributed by atoms with Gasteiger partial charge in [0.2, 0.25) is 0 Å². The van der Waals surface area contributed by atoms with Crippen LogP contribution in [0.1, 0.15) is 25.7 Å². The molecule has 1 N–H and O–H groups in total. The average molecular weight is 228 g/mol. The Hall–Kier alpha value is -1.51. The average Bonchev–Trinajstić information content (AvgIpc) is 3.24. The van der Waals surface area contributed by atoms with Gasteiger partial charge >= 0.3 is 0 Å². The summed E-state index contributed by atoms with van der Waals surface area (Å²) in [6.45, 7) is 1.08. The number of hydrogen-bond acceptors (Lipinski definition) is 3. The van der Waals surface area contributed by atoms with E-state index in [1.165, 1.54) is 25.7 Å². The number of nitrogens with zero attached hydrogens (tertiary/aromatic N) is 1. The number of furan rings is 1. The molecule has 0 spiro atoms. The number of fused-ring (bicyclic) bond motifs is 1. The van der Waals surface area contributed by atoms with Gasteiger partial charge in [-0.15, -0.1) is 0 Å². The molecule has 88 valence electrons. The van der Waals surface area contributed by atoms with E-state index in [9.17, 15) is 0 Å². The maximum Gasteiger partial charge on any atom is 0.139 e. The van der Waals surface area contributed by atoms with Gasteiger partial charge in [-0.2, -0.15) is 0 Å². The molecule has 0 unspecified atom stereocenters. The van der Waals surface area contributed by atoms with Crippen molar-refractivity contribution in [3.8, 4) is 0 Å². The van der Waals surface area contributed by atoms with E-state index in [0.717, 1.165) is 29.2 Å². The van der Waals surface area contributed by atoms with Crippen molar-refractivity contribution in [1.29, 1.82) is 0 Å². The van der Waals surface area contributed by atoms with Crippen LogP contribution in [0.2, 0.25) is 0 Å². The molecule has 0 saturated heterocycles. The van der Waals surface area contributed by atoms with Crippen LogP contribution in [0, 0.1) is 11.3 Å². The fourth-order valence-corrected chi connectivity index (χ4v) is 2.88. The van der Waals surface area contributed by atoms with E-state index in [1.54, 1.807) is 6.26 Å². The molecule has 0 amide bonds. The second-order valence-electron chi connectivity index (χ2n) is 5.48. The Kier molecular flexibility index (Phi) is 1.82. The van der Waals surface area contributed by atoms with Crippen LogP contribution >= 0.6 is 0 Å². The Morgan fingerprint density at radius 3 is 3.00 bits per heavy atom. The predicted octanol–water partition coefficient (Wildman–Crippen LogP) is 3.43. The minimum atomic E-state index is 0.605. The van der Waals surface area contributed by atoms with Gasteiger partial charge in [-0.1, -0.05) is 0 Å². The summed E-state index contributed by atoms with van der Waals surface area (Å²) in [5.41, 5.74) is 1.52. The fourth-order valence-electron chi connectivity index (χ4n) is 2.88. The zero-order valence-corrected chi connectivity index (χ0v) is 9.78. The highest BCUT2D eigenvalue weighted by molar-refractivity contribution is 5.87. The van der Waals surface area contributed by atoms with Crippen LogP contribution in [-0.4, -0.2) is 11.5 Å². The normalized spacial score (nSPS) is 21.6. The first-order valence-electron chi connectivity index (χ1n) is 6.44. The van der Waals surface area contributed by atoms with Crippen LogP contribution in [0.3, 0.4) is 0 Å². The molecule has 2 aromatic heterocycles. The summed E-state index contributed by atoms with van der Waals surface area (Å²) in [5.74, 6) is 1.96. The second-order valence-corrected chi connectivity index (χ2v) is 5.48. The standard InChI is InChI=1S/C14H16N2O/c1-2-10(1)14(5-6-14)9-16-13-11-4-8-17-12(11)3-7-15-13/h3-4,7-8,10H,1-2,5-6,9H2,(H,15,16). The highest BCUT2D eigenvalue weighted by Crippen LogP contribution is 2.61. The van der Waals surface area contributed by atoms with Crippen LogP contribution in [0.4, 0.5) is 5.82 Å². The Morgan fingerprint density at radius 2 is 2.24 bits per heavy atom. The molecule has 2 aromatic rings. The van der Waals surface area contributed by atoms with Gasteiger partial charge in [0.1, 0.15) is 11.4 Å². The lowest BCUT2D eigenvalue weighted by atomic mass is 10.0. The van der Waals surface area contributed by atoms with Crippen molar-refractivity contribution in [1.82, 2.24) is 4.98 Å². The minimum absolute atomic E-state index is 0.605. The SMILES string of the molecule is c1cc2occc2c(NCC2(C3CC3)CC2)n1. The van der Waals surface area contributed by atoms with Gasteiger partial charge in [0.25, 0.3) is 0 Å². The first kappa shape index (κ1) is 9.51. The number of rotatable bonds is 4. The van der Waals surface area contributed by atoms with E-state index in [1.807, 2.05) is 18.3 Å². The van der Waals surface area contributed by atoms with Crippen molar-refractivity contribution in [3.63, 3.8) is 0 Å². The number of nitrogens with one attached hydrogen (secondary N) is 1. The molecule has 3 heteroatoms. The zero-order chi connectivity index (χ0) is 11.3. The molecule has 2 heterocycles. The molecule has 0 radical (unpaired) electrons. The quantitative estimate of drug-likeness (QED) is 0.871. The highest BCUT2D eigenvalue weighted by atomic mass is 16.3. The van der Waals surface area contributed by atoms with Crippen molar-refractivity contribution < 1.29 is 4.42 Å². The molecular formula is C14H16N2O. The molecule has 4 rings (SSSR count). The summed E-state index contributed by atoms with van der Waals surface area (Å²) in [6, 6.07) is 3.90. The lowest BCUT2D eigenvalue weighted by Gasteiger charge is -2.15. The van der Waals surface area contributed by atoms with Crippen LogP contribution in [-0.2, 0) is 0 Å². The molecule has 2 aliphatic rings. The third kappa shape index (κ3) is 1.53. The molecule has 0 bridgehead atoms. The smallest absolute Gasteiger partial charge is 0.139 e. The molecule has 17 heavy (non-hydrogen) atoms. The van der Waals surface area contributed by atoms with Crippen molar-refractivity contribution in [2.45, 2.75) is 25.7 Å². The highest BCUT2D eigenvalue weighted by Gasteiger charge is 2.53. The molecule has 2 aliphatic carbocycles. The summed E-state index contributed by atoms with van der Waals surface area (Å²) in [6.07, 6.45) is 9.20. The number of pyridine rings is 1. The van der Waals surface area contributed by atoms with E-state index in [0.29, 0.717) is 5.41 Å². The zero-order valence-electron chi connectivity index (χ0n) is 9.78. The molecule has 2 saturated carbocycles. The summed E-state index contributed by atoms with van der Waals surface area (Å²) < 4.78 is 5.39. The maximum atomic E-state index is 5.39. The molecule has 2 fully saturated rings. The van der Waals surface area contributed by atoms with Gasteiger partial charge in [0, 0.05) is 12.7 Å². The lowest BCUT2D eigenvalue weighted by molar-refractivity contribution is 0.466. The third-order valence-electron chi connectivity index (χ3n) is 4.32. The van der Waals surface area contributed by atoms with Crippen molar-refractivity contribution >= 4 is 16.8 Å². The molecule has 0 atom stereocenters. The van der Waals surface area contributed by atoms with Gasteiger partial charge in [-0.05, 0) is 49.1 Å². The first-order valence-corrected chi connectivity index (χ1v) is 6.44. The lowest BCUT2D eigenvalue weighted by Crippen LogP contribution is -2.17. The summed E-state index contributed by atoms with van der Waals surface area (Å²) >= 11 is 0. The summed E-state index contributed by atoms with van der Waals surface area (Å²) in [5, 5.41) is 4.62. The van der Waals surface area contributed by atoms with Crippen LogP contribution in [0.15, 0.2) is 29.0 Å². The summed E-state index contributed by atoms with van der Waals surface area (Å²) in [4.78, 5) is 4.42. The van der Waals surface area contributed by atoms with Gasteiger partial charge in [-0.25, -0.2) is 4.98 Å². The van der Waals surface area contributed by atoms with Gasteiger partial charge < -0.3 is 9.73 Å². The van der Waals surface area contributed by atoms with Crippen molar-refractivity contribution in [2.24, 2.45) is 11.3 Å². The topological polar surface area (TPSA) is 38.1 Å². The molecule has 0 aromatic carbocycles. The molecular weight excluding hydrogens is 212 g/mol. The van der Waals surface area contributed by atoms with Gasteiger partial charge in [-0.3, -0.25) is 0 Å². The Morgan fingerprint density at radius 1 is 1.35 bits per heavy atom. The molecule has 3 nitrogen and oxygen atoms in total. The largest absolute Gasteiger partial charge is 0.464 e. The molecule has 0 aliphatic heterocycles. The number of aromatic nitrogens is 1. The van der Waals surface area contributed by atoms with Crippen molar-refractivity contribution in [2.75, 3.05) is 11.9 Å². The Labute approximate surface area is 100 Å². The monoisotopic (exact) mass is 228 g/mol. The van der Waals surface area contributed by atoms with Crippen molar-refractivity contribution in [3.05, 3.63) is 24.6 Å². The predicted molar refractivity (Wildman–Crippen MR) is 66.9 cm³/mol. The third-order valence-corrected chi connectivity index (χ3v) is 4.32. The minimum Gasteiger partial charge on any atom is -0.464 e. The second kappa shape index (κ2) is 3.25. The van der Waals surface area contributed by atoms with E-state index < -0.39 is 0 Å². The van der Waals surface area contributed by atoms with E-state index in [-0.39, 0.29) is 0 Å². The van der Waals surface area contributed by atoms with Crippen LogP contribution < -0.4 is 5.32 Å². The van der Waals surface area contributed by atoms with Gasteiger partial charge in [0.05, 0.1) is 11.6 Å².